The first-order chi connectivity index (χ1) is 16.9. The van der Waals surface area contributed by atoms with E-state index in [0.717, 1.165) is 36.1 Å². The number of likely N-dealkylation sites (N-methyl/N-ethyl adjacent to an activating group) is 1. The zero-order valence-corrected chi connectivity index (χ0v) is 20.8. The Bertz CT molecular complexity index is 1350. The van der Waals surface area contributed by atoms with Gasteiger partial charge in [0, 0.05) is 43.1 Å². The first-order valence-corrected chi connectivity index (χ1v) is 13.4. The lowest BCUT2D eigenvalue weighted by molar-refractivity contribution is -0.117. The first kappa shape index (κ1) is 23.4. The van der Waals surface area contributed by atoms with Crippen molar-refractivity contribution >= 4 is 33.3 Å². The predicted octanol–water partition coefficient (Wildman–Crippen LogP) is 4.22. The molecule has 0 atom stereocenters. The topological polar surface area (TPSA) is 95.5 Å². The maximum absolute atomic E-state index is 13.2. The minimum atomic E-state index is -3.53. The fraction of sp³-hybridized carbons (Fsp3) is 0.346. The van der Waals surface area contributed by atoms with Crippen molar-refractivity contribution in [3.8, 4) is 11.3 Å². The third-order valence-corrected chi connectivity index (χ3v) is 8.36. The van der Waals surface area contributed by atoms with Gasteiger partial charge in [0.2, 0.25) is 21.9 Å². The summed E-state index contributed by atoms with van der Waals surface area (Å²) in [5, 5.41) is 3.17. The van der Waals surface area contributed by atoms with Crippen molar-refractivity contribution in [1.82, 2.24) is 14.3 Å². The van der Waals surface area contributed by atoms with Crippen LogP contribution in [0.15, 0.2) is 59.6 Å². The SMILES string of the molecule is CCCN(CC1CC1)S(=O)(=O)c1ccc(Nc2ncc3c(n2)-c2ccccc2N(C)C(=O)C3)cc1. The zero-order valence-electron chi connectivity index (χ0n) is 19.9. The van der Waals surface area contributed by atoms with E-state index in [4.69, 9.17) is 4.98 Å². The highest BCUT2D eigenvalue weighted by Crippen LogP contribution is 2.35. The minimum absolute atomic E-state index is 0.0175. The quantitative estimate of drug-likeness (QED) is 0.507. The lowest BCUT2D eigenvalue weighted by Crippen LogP contribution is -2.33. The maximum atomic E-state index is 13.2. The second-order valence-electron chi connectivity index (χ2n) is 9.17. The van der Waals surface area contributed by atoms with Crippen molar-refractivity contribution in [3.63, 3.8) is 0 Å². The molecule has 2 heterocycles. The summed E-state index contributed by atoms with van der Waals surface area (Å²) in [5.41, 5.74) is 3.84. The van der Waals surface area contributed by atoms with Gasteiger partial charge in [-0.25, -0.2) is 18.4 Å². The number of carbonyl (C=O) groups excluding carboxylic acids is 1. The highest BCUT2D eigenvalue weighted by molar-refractivity contribution is 7.89. The number of para-hydroxylation sites is 1. The molecule has 2 aromatic carbocycles. The molecule has 9 heteroatoms. The summed E-state index contributed by atoms with van der Waals surface area (Å²) < 4.78 is 27.9. The van der Waals surface area contributed by atoms with Crippen molar-refractivity contribution in [2.75, 3.05) is 30.4 Å². The molecule has 182 valence electrons. The van der Waals surface area contributed by atoms with Gasteiger partial charge in [-0.3, -0.25) is 4.79 Å². The number of benzene rings is 2. The summed E-state index contributed by atoms with van der Waals surface area (Å²) in [6.45, 7) is 3.12. The maximum Gasteiger partial charge on any atom is 0.243 e. The number of sulfonamides is 1. The highest BCUT2D eigenvalue weighted by atomic mass is 32.2. The summed E-state index contributed by atoms with van der Waals surface area (Å²) in [6, 6.07) is 14.4. The van der Waals surface area contributed by atoms with E-state index < -0.39 is 10.0 Å². The van der Waals surface area contributed by atoms with Gasteiger partial charge in [-0.1, -0.05) is 25.1 Å². The van der Waals surface area contributed by atoms with Crippen LogP contribution >= 0.6 is 0 Å². The Balaban J connectivity index is 1.39. The van der Waals surface area contributed by atoms with Crippen LogP contribution in [0.2, 0.25) is 0 Å². The summed E-state index contributed by atoms with van der Waals surface area (Å²) in [5.74, 6) is 0.853. The van der Waals surface area contributed by atoms with Gasteiger partial charge in [0.15, 0.2) is 0 Å². The van der Waals surface area contributed by atoms with Crippen molar-refractivity contribution in [3.05, 3.63) is 60.3 Å². The standard InChI is InChI=1S/C26H29N5O3S/c1-3-14-31(17-18-8-9-18)35(33,34)21-12-10-20(11-13-21)28-26-27-16-19-15-24(32)30(2)23-7-5-4-6-22(23)25(19)29-26/h4-7,10-13,16,18H,3,8-9,14-15,17H2,1-2H3,(H,27,28,29). The summed E-state index contributed by atoms with van der Waals surface area (Å²) in [4.78, 5) is 23.6. The lowest BCUT2D eigenvalue weighted by atomic mass is 10.1. The number of hydrogen-bond donors (Lipinski definition) is 1. The molecule has 1 fully saturated rings. The molecule has 2 aliphatic rings. The molecule has 1 aliphatic heterocycles. The van der Waals surface area contributed by atoms with Crippen LogP contribution < -0.4 is 10.2 Å². The van der Waals surface area contributed by atoms with Gasteiger partial charge in [-0.05, 0) is 55.5 Å². The molecule has 5 rings (SSSR count). The van der Waals surface area contributed by atoms with E-state index in [9.17, 15) is 13.2 Å². The summed E-state index contributed by atoms with van der Waals surface area (Å²) in [6.07, 6.45) is 4.90. The van der Waals surface area contributed by atoms with Crippen LogP contribution in [0.1, 0.15) is 31.7 Å². The number of nitrogens with zero attached hydrogens (tertiary/aromatic N) is 4. The van der Waals surface area contributed by atoms with Gasteiger partial charge in [-0.15, -0.1) is 0 Å². The second-order valence-corrected chi connectivity index (χ2v) is 11.1. The van der Waals surface area contributed by atoms with Crippen molar-refractivity contribution in [2.24, 2.45) is 5.92 Å². The first-order valence-electron chi connectivity index (χ1n) is 12.0. The summed E-state index contributed by atoms with van der Waals surface area (Å²) >= 11 is 0. The Hall–Kier alpha value is -3.30. The molecule has 3 aromatic rings. The molecule has 35 heavy (non-hydrogen) atoms. The molecular formula is C26H29N5O3S. The van der Waals surface area contributed by atoms with E-state index in [1.807, 2.05) is 31.2 Å². The van der Waals surface area contributed by atoms with E-state index in [1.54, 1.807) is 46.7 Å². The third kappa shape index (κ3) is 4.78. The Kier molecular flexibility index (Phi) is 6.29. The van der Waals surface area contributed by atoms with Crippen LogP contribution in [0.5, 0.6) is 0 Å². The average Bonchev–Trinajstić information content (AvgIpc) is 3.69. The van der Waals surface area contributed by atoms with E-state index >= 15 is 0 Å². The van der Waals surface area contributed by atoms with Gasteiger partial charge in [-0.2, -0.15) is 4.31 Å². The van der Waals surface area contributed by atoms with Crippen molar-refractivity contribution in [1.29, 1.82) is 0 Å². The van der Waals surface area contributed by atoms with E-state index in [0.29, 0.717) is 36.3 Å². The van der Waals surface area contributed by atoms with Gasteiger partial charge in [0.05, 0.1) is 22.7 Å². The molecule has 1 aliphatic carbocycles. The molecular weight excluding hydrogens is 462 g/mol. The number of hydrogen-bond acceptors (Lipinski definition) is 6. The number of nitrogens with one attached hydrogen (secondary N) is 1. The molecule has 0 unspecified atom stereocenters. The van der Waals surface area contributed by atoms with Crippen molar-refractivity contribution in [2.45, 2.75) is 37.5 Å². The predicted molar refractivity (Wildman–Crippen MR) is 136 cm³/mol. The average molecular weight is 492 g/mol. The van der Waals surface area contributed by atoms with Crippen LogP contribution in [0, 0.1) is 5.92 Å². The van der Waals surface area contributed by atoms with Gasteiger partial charge in [0.1, 0.15) is 0 Å². The zero-order chi connectivity index (χ0) is 24.6. The lowest BCUT2D eigenvalue weighted by Gasteiger charge is -2.21. The molecule has 0 spiro atoms. The van der Waals surface area contributed by atoms with E-state index in [1.165, 1.54) is 0 Å². The van der Waals surface area contributed by atoms with Crippen LogP contribution in [0.25, 0.3) is 11.3 Å². The normalized spacial score (nSPS) is 15.5. The van der Waals surface area contributed by atoms with Gasteiger partial charge >= 0.3 is 0 Å². The van der Waals surface area contributed by atoms with Crippen molar-refractivity contribution < 1.29 is 13.2 Å². The monoisotopic (exact) mass is 491 g/mol. The van der Waals surface area contributed by atoms with Gasteiger partial charge < -0.3 is 10.2 Å². The third-order valence-electron chi connectivity index (χ3n) is 6.48. The van der Waals surface area contributed by atoms with Crippen LogP contribution in [0.4, 0.5) is 17.3 Å². The van der Waals surface area contributed by atoms with Crippen LogP contribution in [-0.4, -0.2) is 48.7 Å². The Morgan fingerprint density at radius 1 is 1.11 bits per heavy atom. The molecule has 1 N–H and O–H groups in total. The number of anilines is 3. The van der Waals surface area contributed by atoms with E-state index in [2.05, 4.69) is 10.3 Å². The highest BCUT2D eigenvalue weighted by Gasteiger charge is 2.31. The number of fused-ring (bicyclic) bond motifs is 3. The fourth-order valence-electron chi connectivity index (χ4n) is 4.35. The van der Waals surface area contributed by atoms with Crippen LogP contribution in [0.3, 0.4) is 0 Å². The van der Waals surface area contributed by atoms with Gasteiger partial charge in [0.25, 0.3) is 0 Å². The van der Waals surface area contributed by atoms with Crippen LogP contribution in [-0.2, 0) is 21.2 Å². The number of rotatable bonds is 8. The van der Waals surface area contributed by atoms with E-state index in [-0.39, 0.29) is 17.2 Å². The molecule has 1 amide bonds. The molecule has 0 bridgehead atoms. The molecule has 8 nitrogen and oxygen atoms in total. The number of amides is 1. The minimum Gasteiger partial charge on any atom is -0.324 e. The Labute approximate surface area is 206 Å². The second kappa shape index (κ2) is 9.39. The Morgan fingerprint density at radius 2 is 1.86 bits per heavy atom. The number of carbonyl (C=O) groups is 1. The summed E-state index contributed by atoms with van der Waals surface area (Å²) in [7, 11) is -1.76. The molecule has 1 saturated carbocycles. The number of aromatic nitrogens is 2. The molecule has 0 saturated heterocycles. The fourth-order valence-corrected chi connectivity index (χ4v) is 5.96. The smallest absolute Gasteiger partial charge is 0.243 e. The molecule has 0 radical (unpaired) electrons. The Morgan fingerprint density at radius 3 is 2.57 bits per heavy atom. The largest absolute Gasteiger partial charge is 0.324 e. The molecule has 1 aromatic heterocycles.